The molecule has 4 aromatic rings. The van der Waals surface area contributed by atoms with Crippen LogP contribution in [0.3, 0.4) is 0 Å². The molecule has 0 aliphatic heterocycles. The minimum atomic E-state index is 0. The molecule has 0 heterocycles. The monoisotopic (exact) mass is 697 g/mol. The molecule has 0 nitrogen and oxygen atoms in total. The summed E-state index contributed by atoms with van der Waals surface area (Å²) >= 11 is 0. The van der Waals surface area contributed by atoms with Gasteiger partial charge in [-0.2, -0.15) is 47.3 Å². The van der Waals surface area contributed by atoms with Crippen molar-refractivity contribution < 1.29 is 76.8 Å². The summed E-state index contributed by atoms with van der Waals surface area (Å²) in [6, 6.07) is 32.8. The zero-order valence-corrected chi connectivity index (χ0v) is 22.3. The predicted octanol–water partition coefficient (Wildman–Crippen LogP) is -3.37. The standard InChI is InChI=1S/C13H9.C9H7.3BrH.Hf/c1-3-7-12-10(5-1)9-11-6-2-4-8-13(11)12;1-2-5-9-7-3-6-8(9)4-1;;;;/h1-5,7-8H,9H2;1-7H;3*1H;/q2*-1;;;;/p-3. The fraction of sp³-hybridized carbons (Fsp3) is 0.0455. The van der Waals surface area contributed by atoms with E-state index in [1.165, 1.54) is 33.0 Å². The van der Waals surface area contributed by atoms with Crippen molar-refractivity contribution in [1.82, 2.24) is 0 Å². The molecule has 0 fully saturated rings. The first kappa shape index (κ1) is 25.6. The van der Waals surface area contributed by atoms with Crippen molar-refractivity contribution >= 4 is 10.8 Å². The average molecular weight is 699 g/mol. The molecule has 5 rings (SSSR count). The molecule has 26 heavy (non-hydrogen) atoms. The minimum Gasteiger partial charge on any atom is -1.00 e. The maximum absolute atomic E-state index is 3.30. The third-order valence-electron chi connectivity index (χ3n) is 4.16. The van der Waals surface area contributed by atoms with Crippen LogP contribution in [0, 0.1) is 6.07 Å². The maximum Gasteiger partial charge on any atom is 0 e. The summed E-state index contributed by atoms with van der Waals surface area (Å²) in [6.07, 6.45) is 1.05. The van der Waals surface area contributed by atoms with Gasteiger partial charge in [0, 0.05) is 25.8 Å². The summed E-state index contributed by atoms with van der Waals surface area (Å²) in [6.45, 7) is 0. The van der Waals surface area contributed by atoms with Crippen LogP contribution >= 0.6 is 0 Å². The van der Waals surface area contributed by atoms with Crippen LogP contribution in [0.2, 0.25) is 0 Å². The van der Waals surface area contributed by atoms with Gasteiger partial charge in [0.1, 0.15) is 0 Å². The van der Waals surface area contributed by atoms with Crippen LogP contribution in [0.5, 0.6) is 0 Å². The van der Waals surface area contributed by atoms with Crippen molar-refractivity contribution in [3.8, 4) is 11.1 Å². The Morgan fingerprint density at radius 2 is 1.42 bits per heavy atom. The Kier molecular flexibility index (Phi) is 11.9. The van der Waals surface area contributed by atoms with E-state index in [0.717, 1.165) is 6.42 Å². The van der Waals surface area contributed by atoms with E-state index < -0.39 is 0 Å². The summed E-state index contributed by atoms with van der Waals surface area (Å²) in [5, 5.41) is 2.66. The van der Waals surface area contributed by atoms with Gasteiger partial charge in [0.15, 0.2) is 0 Å². The van der Waals surface area contributed by atoms with Gasteiger partial charge in [-0.15, -0.1) is 35.2 Å². The van der Waals surface area contributed by atoms with Crippen LogP contribution in [0.4, 0.5) is 0 Å². The van der Waals surface area contributed by atoms with Gasteiger partial charge in [-0.1, -0.05) is 41.5 Å². The van der Waals surface area contributed by atoms with E-state index in [1.54, 1.807) is 0 Å². The molecule has 0 aromatic heterocycles. The van der Waals surface area contributed by atoms with E-state index in [-0.39, 0.29) is 76.8 Å². The molecule has 0 saturated heterocycles. The third kappa shape index (κ3) is 5.54. The van der Waals surface area contributed by atoms with Crippen LogP contribution in [-0.4, -0.2) is 0 Å². The number of hydrogen-bond acceptors (Lipinski definition) is 0. The smallest absolute Gasteiger partial charge is 0 e. The van der Waals surface area contributed by atoms with Crippen molar-refractivity contribution in [2.45, 2.75) is 6.42 Å². The van der Waals surface area contributed by atoms with Crippen LogP contribution in [0.1, 0.15) is 11.1 Å². The quantitative estimate of drug-likeness (QED) is 0.117. The Bertz CT molecular complexity index is 857. The second-order valence-electron chi connectivity index (χ2n) is 5.55. The van der Waals surface area contributed by atoms with Gasteiger partial charge in [0.2, 0.25) is 0 Å². The van der Waals surface area contributed by atoms with Crippen LogP contribution < -0.4 is 50.9 Å². The fourth-order valence-electron chi connectivity index (χ4n) is 3.07. The second-order valence-corrected chi connectivity index (χ2v) is 5.55. The van der Waals surface area contributed by atoms with Gasteiger partial charge in [0.25, 0.3) is 0 Å². The Hall–Kier alpha value is -0.420. The van der Waals surface area contributed by atoms with Gasteiger partial charge in [-0.25, -0.2) is 0 Å². The fourth-order valence-corrected chi connectivity index (χ4v) is 3.07. The molecule has 0 unspecified atom stereocenters. The largest absolute Gasteiger partial charge is 1.00 e. The number of fused-ring (bicyclic) bond motifs is 4. The molecule has 0 atom stereocenters. The van der Waals surface area contributed by atoms with Crippen LogP contribution in [-0.2, 0) is 32.3 Å². The van der Waals surface area contributed by atoms with E-state index >= 15 is 0 Å². The van der Waals surface area contributed by atoms with Gasteiger partial charge >= 0.3 is 0 Å². The summed E-state index contributed by atoms with van der Waals surface area (Å²) in [5.41, 5.74) is 5.51. The molecule has 4 heteroatoms. The molecular formula is C22H16Br3Hf-5. The summed E-state index contributed by atoms with van der Waals surface area (Å²) in [5.74, 6) is 0. The normalized spacial score (nSPS) is 9.69. The van der Waals surface area contributed by atoms with E-state index in [9.17, 15) is 0 Å². The zero-order valence-electron chi connectivity index (χ0n) is 13.9. The average Bonchev–Trinajstić information content (AvgIpc) is 3.19. The van der Waals surface area contributed by atoms with Crippen molar-refractivity contribution in [3.63, 3.8) is 0 Å². The molecule has 0 saturated carbocycles. The summed E-state index contributed by atoms with van der Waals surface area (Å²) in [7, 11) is 0. The number of benzene rings is 3. The molecule has 0 N–H and O–H groups in total. The van der Waals surface area contributed by atoms with Gasteiger partial charge in [0.05, 0.1) is 0 Å². The minimum absolute atomic E-state index is 0. The Morgan fingerprint density at radius 1 is 0.731 bits per heavy atom. The Morgan fingerprint density at radius 3 is 2.23 bits per heavy atom. The molecule has 4 aromatic carbocycles. The SMILES string of the molecule is [Br-].[Br-].[Br-].[Hf].[c-]1cccc2c1Cc1ccccc1-2.c1ccc2[cH-]ccc2c1. The van der Waals surface area contributed by atoms with Crippen molar-refractivity contribution in [1.29, 1.82) is 0 Å². The van der Waals surface area contributed by atoms with Gasteiger partial charge in [-0.3, -0.25) is 0 Å². The van der Waals surface area contributed by atoms with E-state index in [4.69, 9.17) is 0 Å². The van der Waals surface area contributed by atoms with E-state index in [1.807, 2.05) is 6.07 Å². The van der Waals surface area contributed by atoms with Crippen molar-refractivity contribution in [2.24, 2.45) is 0 Å². The van der Waals surface area contributed by atoms with Crippen LogP contribution in [0.15, 0.2) is 84.9 Å². The molecule has 0 bridgehead atoms. The van der Waals surface area contributed by atoms with Gasteiger partial charge < -0.3 is 50.9 Å². The van der Waals surface area contributed by atoms with E-state index in [2.05, 4.69) is 84.9 Å². The van der Waals surface area contributed by atoms with Crippen molar-refractivity contribution in [3.05, 3.63) is 102 Å². The van der Waals surface area contributed by atoms with Crippen molar-refractivity contribution in [2.75, 3.05) is 0 Å². The second kappa shape index (κ2) is 12.1. The molecule has 1 aliphatic carbocycles. The maximum atomic E-state index is 3.30. The zero-order chi connectivity index (χ0) is 14.8. The summed E-state index contributed by atoms with van der Waals surface area (Å²) < 4.78 is 0. The third-order valence-corrected chi connectivity index (χ3v) is 4.16. The molecule has 0 radical (unpaired) electrons. The number of rotatable bonds is 0. The van der Waals surface area contributed by atoms with Gasteiger partial charge in [-0.05, 0) is 6.42 Å². The molecular weight excluding hydrogens is 682 g/mol. The Labute approximate surface area is 205 Å². The Balaban J connectivity index is 0.000000436. The first-order valence-electron chi connectivity index (χ1n) is 7.60. The molecule has 134 valence electrons. The molecule has 0 amide bonds. The molecule has 0 spiro atoms. The summed E-state index contributed by atoms with van der Waals surface area (Å²) in [4.78, 5) is 0. The first-order chi connectivity index (χ1) is 10.9. The predicted molar refractivity (Wildman–Crippen MR) is 93.1 cm³/mol. The first-order valence-corrected chi connectivity index (χ1v) is 7.60. The number of halogens is 3. The number of hydrogen-bond donors (Lipinski definition) is 0. The van der Waals surface area contributed by atoms with E-state index in [0.29, 0.717) is 0 Å². The molecule has 1 aliphatic rings. The topological polar surface area (TPSA) is 0 Å². The van der Waals surface area contributed by atoms with Crippen LogP contribution in [0.25, 0.3) is 21.9 Å².